The number of anilines is 2. The van der Waals surface area contributed by atoms with E-state index in [1.165, 1.54) is 18.2 Å². The van der Waals surface area contributed by atoms with Gasteiger partial charge in [0.05, 0.1) is 23.6 Å². The molecule has 0 fully saturated rings. The maximum absolute atomic E-state index is 13.4. The minimum atomic E-state index is -0.664. The molecule has 0 spiro atoms. The van der Waals surface area contributed by atoms with Crippen molar-refractivity contribution < 1.29 is 13.6 Å². The van der Waals surface area contributed by atoms with E-state index in [9.17, 15) is 13.6 Å². The Morgan fingerprint density at radius 3 is 2.51 bits per heavy atom. The molecule has 0 bridgehead atoms. The lowest BCUT2D eigenvalue weighted by atomic mass is 10.0. The van der Waals surface area contributed by atoms with E-state index in [0.29, 0.717) is 29.4 Å². The number of rotatable bonds is 9. The van der Waals surface area contributed by atoms with Crippen LogP contribution < -0.4 is 16.0 Å². The fourth-order valence-electron chi connectivity index (χ4n) is 3.52. The summed E-state index contributed by atoms with van der Waals surface area (Å²) in [6.07, 6.45) is 3.12. The van der Waals surface area contributed by atoms with E-state index < -0.39 is 11.9 Å². The molecule has 0 aliphatic heterocycles. The summed E-state index contributed by atoms with van der Waals surface area (Å²) in [5.41, 5.74) is 2.90. The second kappa shape index (κ2) is 10.8. The zero-order valence-electron chi connectivity index (χ0n) is 19.3. The molecular weight excluding hydrogens is 452 g/mol. The minimum absolute atomic E-state index is 0.250. The number of benzene rings is 1. The average molecular weight is 478 g/mol. The van der Waals surface area contributed by atoms with Crippen molar-refractivity contribution in [3.63, 3.8) is 0 Å². The van der Waals surface area contributed by atoms with Crippen LogP contribution in [0.2, 0.25) is 0 Å². The lowest BCUT2D eigenvalue weighted by Crippen LogP contribution is -2.42. The molecule has 3 heterocycles. The van der Waals surface area contributed by atoms with Crippen LogP contribution >= 0.6 is 0 Å². The highest BCUT2D eigenvalue weighted by Crippen LogP contribution is 2.23. The maximum atomic E-state index is 13.4. The Morgan fingerprint density at radius 2 is 1.80 bits per heavy atom. The smallest absolute Gasteiger partial charge is 0.243 e. The van der Waals surface area contributed by atoms with E-state index >= 15 is 0 Å². The van der Waals surface area contributed by atoms with Gasteiger partial charge in [-0.1, -0.05) is 12.1 Å². The monoisotopic (exact) mass is 477 g/mol. The molecule has 1 atom stereocenters. The van der Waals surface area contributed by atoms with Crippen molar-refractivity contribution in [3.05, 3.63) is 89.9 Å². The van der Waals surface area contributed by atoms with Crippen LogP contribution in [0.5, 0.6) is 0 Å². The van der Waals surface area contributed by atoms with Gasteiger partial charge in [0.2, 0.25) is 5.91 Å². The molecule has 35 heavy (non-hydrogen) atoms. The van der Waals surface area contributed by atoms with E-state index in [1.807, 2.05) is 12.1 Å². The van der Waals surface area contributed by atoms with Crippen molar-refractivity contribution in [2.24, 2.45) is 7.05 Å². The highest BCUT2D eigenvalue weighted by molar-refractivity contribution is 5.94. The summed E-state index contributed by atoms with van der Waals surface area (Å²) in [5.74, 6) is 0.141. The number of aryl methyl sites for hydroxylation is 1. The largest absolute Gasteiger partial charge is 0.373 e. The minimum Gasteiger partial charge on any atom is -0.373 e. The first-order valence-electron chi connectivity index (χ1n) is 11.0. The molecule has 1 aromatic carbocycles. The fraction of sp³-hybridized carbons (Fsp3) is 0.200. The molecule has 4 rings (SSSR count). The van der Waals surface area contributed by atoms with Crippen LogP contribution in [-0.4, -0.2) is 38.7 Å². The summed E-state index contributed by atoms with van der Waals surface area (Å²) in [5, 5.41) is 13.6. The number of amides is 1. The van der Waals surface area contributed by atoms with Gasteiger partial charge < -0.3 is 10.6 Å². The van der Waals surface area contributed by atoms with Crippen molar-refractivity contribution in [2.45, 2.75) is 19.0 Å². The lowest BCUT2D eigenvalue weighted by Gasteiger charge is -2.18. The quantitative estimate of drug-likeness (QED) is 0.341. The molecule has 1 amide bonds. The van der Waals surface area contributed by atoms with Crippen LogP contribution in [0.3, 0.4) is 0 Å². The lowest BCUT2D eigenvalue weighted by molar-refractivity contribution is -0.118. The van der Waals surface area contributed by atoms with E-state index in [2.05, 4.69) is 31.0 Å². The van der Waals surface area contributed by atoms with Gasteiger partial charge in [0.25, 0.3) is 0 Å². The predicted molar refractivity (Wildman–Crippen MR) is 130 cm³/mol. The molecule has 0 saturated heterocycles. The van der Waals surface area contributed by atoms with E-state index in [1.54, 1.807) is 49.2 Å². The number of carbonyl (C=O) groups is 1. The number of hydrogen-bond donors (Lipinski definition) is 3. The molecule has 0 unspecified atom stereocenters. The van der Waals surface area contributed by atoms with Gasteiger partial charge in [-0.05, 0) is 48.4 Å². The Kier molecular flexibility index (Phi) is 7.41. The van der Waals surface area contributed by atoms with Crippen LogP contribution in [0.15, 0.2) is 67.0 Å². The van der Waals surface area contributed by atoms with Gasteiger partial charge in [0, 0.05) is 38.5 Å². The van der Waals surface area contributed by atoms with E-state index in [4.69, 9.17) is 0 Å². The summed E-state index contributed by atoms with van der Waals surface area (Å²) in [6.45, 7) is 0.250. The number of pyridine rings is 2. The first-order valence-corrected chi connectivity index (χ1v) is 11.0. The number of hydrogen-bond acceptors (Lipinski definition) is 6. The molecule has 4 aromatic rings. The molecule has 0 aliphatic carbocycles. The molecule has 8 nitrogen and oxygen atoms in total. The topological polar surface area (TPSA) is 96.8 Å². The van der Waals surface area contributed by atoms with E-state index in [-0.39, 0.29) is 18.3 Å². The summed E-state index contributed by atoms with van der Waals surface area (Å²) >= 11 is 0. The summed E-state index contributed by atoms with van der Waals surface area (Å²) in [4.78, 5) is 21.5. The van der Waals surface area contributed by atoms with Crippen molar-refractivity contribution in [1.29, 1.82) is 0 Å². The molecule has 180 valence electrons. The molecule has 0 aliphatic rings. The predicted octanol–water partition coefficient (Wildman–Crippen LogP) is 3.54. The van der Waals surface area contributed by atoms with Crippen molar-refractivity contribution >= 4 is 17.5 Å². The Morgan fingerprint density at radius 1 is 1.03 bits per heavy atom. The molecule has 3 aromatic heterocycles. The molecule has 10 heteroatoms. The van der Waals surface area contributed by atoms with Crippen molar-refractivity contribution in [3.8, 4) is 11.3 Å². The van der Waals surface area contributed by atoms with Gasteiger partial charge in [-0.3, -0.25) is 19.8 Å². The van der Waals surface area contributed by atoms with Gasteiger partial charge in [-0.25, -0.2) is 13.8 Å². The van der Waals surface area contributed by atoms with Gasteiger partial charge in [-0.2, -0.15) is 5.10 Å². The van der Waals surface area contributed by atoms with Crippen LogP contribution in [0.1, 0.15) is 11.3 Å². The highest BCUT2D eigenvalue weighted by atomic mass is 19.1. The summed E-state index contributed by atoms with van der Waals surface area (Å²) < 4.78 is 28.1. The number of carbonyl (C=O) groups excluding carboxylic acids is 1. The third-order valence-corrected chi connectivity index (χ3v) is 5.43. The molecule has 3 N–H and O–H groups in total. The van der Waals surface area contributed by atoms with Crippen LogP contribution in [0.4, 0.5) is 20.4 Å². The zero-order valence-corrected chi connectivity index (χ0v) is 19.3. The van der Waals surface area contributed by atoms with Crippen molar-refractivity contribution in [2.75, 3.05) is 17.7 Å². The average Bonchev–Trinajstić information content (AvgIpc) is 3.24. The van der Waals surface area contributed by atoms with E-state index in [0.717, 1.165) is 17.3 Å². The van der Waals surface area contributed by atoms with Crippen molar-refractivity contribution in [1.82, 2.24) is 25.1 Å². The summed E-state index contributed by atoms with van der Waals surface area (Å²) in [6, 6.07) is 13.7. The first kappa shape index (κ1) is 24.0. The third-order valence-electron chi connectivity index (χ3n) is 5.43. The second-order valence-corrected chi connectivity index (χ2v) is 7.94. The maximum Gasteiger partial charge on any atom is 0.243 e. The van der Waals surface area contributed by atoms with Gasteiger partial charge in [0.15, 0.2) is 0 Å². The van der Waals surface area contributed by atoms with Crippen LogP contribution in [-0.2, 0) is 24.8 Å². The first-order chi connectivity index (χ1) is 16.9. The Hall–Kier alpha value is -4.18. The Bertz CT molecular complexity index is 1290. The van der Waals surface area contributed by atoms with Gasteiger partial charge >= 0.3 is 0 Å². The number of aromatic nitrogens is 4. The fourth-order valence-corrected chi connectivity index (χ4v) is 3.52. The highest BCUT2D eigenvalue weighted by Gasteiger charge is 2.21. The Labute approximate surface area is 201 Å². The number of nitrogens with one attached hydrogen (secondary N) is 3. The van der Waals surface area contributed by atoms with Gasteiger partial charge in [0.1, 0.15) is 23.3 Å². The SMILES string of the molecule is CNc1cc(-c2cc(NC(=O)[C@H](Cc3ccc(F)cc3)NCc3ccc(F)cn3)n(C)n2)ccn1. The standard InChI is InChI=1S/C25H25F2N7O/c1-28-23-12-17(9-10-29-23)21-13-24(34(2)33-21)32-25(35)22(11-16-3-5-18(26)6-4-16)31-15-20-8-7-19(27)14-30-20/h3-10,12-14,22,31H,11,15H2,1-2H3,(H,28,29)(H,32,35)/t22-/m0/s1. The molecule has 0 radical (unpaired) electrons. The normalized spacial score (nSPS) is 11.8. The number of halogens is 2. The number of nitrogens with zero attached hydrogens (tertiary/aromatic N) is 4. The second-order valence-electron chi connectivity index (χ2n) is 7.94. The Balaban J connectivity index is 1.52. The van der Waals surface area contributed by atoms with Crippen LogP contribution in [0, 0.1) is 11.6 Å². The molecular formula is C25H25F2N7O. The zero-order chi connectivity index (χ0) is 24.8. The van der Waals surface area contributed by atoms with Crippen LogP contribution in [0.25, 0.3) is 11.3 Å². The summed E-state index contributed by atoms with van der Waals surface area (Å²) in [7, 11) is 3.52. The van der Waals surface area contributed by atoms with Gasteiger partial charge in [-0.15, -0.1) is 0 Å². The molecule has 0 saturated carbocycles. The third kappa shape index (κ3) is 6.24.